The van der Waals surface area contributed by atoms with Crippen LogP contribution in [0.1, 0.15) is 65.2 Å². The summed E-state index contributed by atoms with van der Waals surface area (Å²) in [7, 11) is 0. The van der Waals surface area contributed by atoms with E-state index in [-0.39, 0.29) is 5.91 Å². The molecule has 1 aliphatic heterocycles. The summed E-state index contributed by atoms with van der Waals surface area (Å²) in [4.78, 5) is 12.1. The van der Waals surface area contributed by atoms with E-state index in [0.29, 0.717) is 18.0 Å². The maximum absolute atomic E-state index is 12.1. The molecule has 1 amide bonds. The Labute approximate surface area is 117 Å². The van der Waals surface area contributed by atoms with E-state index >= 15 is 0 Å². The lowest BCUT2D eigenvalue weighted by molar-refractivity contribution is -0.122. The van der Waals surface area contributed by atoms with Gasteiger partial charge in [0.05, 0.1) is 0 Å². The number of hydrogen-bond donors (Lipinski definition) is 2. The second-order valence-electron chi connectivity index (χ2n) is 6.64. The van der Waals surface area contributed by atoms with Gasteiger partial charge in [0.15, 0.2) is 0 Å². The molecular weight excluding hydrogens is 236 g/mol. The number of carbonyl (C=O) groups excluding carboxylic acids is 1. The standard InChI is InChI=1S/C16H30N2O/c1-12-10-11-17-13(2)16(12)18-15(19)9-8-14-6-4-3-5-7-14/h12-14,16-17H,3-11H2,1-2H3,(H,18,19). The van der Waals surface area contributed by atoms with Crippen LogP contribution in [0, 0.1) is 11.8 Å². The van der Waals surface area contributed by atoms with Gasteiger partial charge in [0.2, 0.25) is 5.91 Å². The molecule has 19 heavy (non-hydrogen) atoms. The molecule has 0 aromatic carbocycles. The van der Waals surface area contributed by atoms with Crippen molar-refractivity contribution < 1.29 is 4.79 Å². The van der Waals surface area contributed by atoms with Crippen LogP contribution in [0.25, 0.3) is 0 Å². The smallest absolute Gasteiger partial charge is 0.220 e. The zero-order valence-electron chi connectivity index (χ0n) is 12.6. The number of amides is 1. The first kappa shape index (κ1) is 14.8. The van der Waals surface area contributed by atoms with E-state index in [0.717, 1.165) is 31.7 Å². The van der Waals surface area contributed by atoms with Gasteiger partial charge in [-0.25, -0.2) is 0 Å². The molecule has 1 aliphatic carbocycles. The van der Waals surface area contributed by atoms with Crippen molar-refractivity contribution in [3.63, 3.8) is 0 Å². The van der Waals surface area contributed by atoms with Crippen LogP contribution in [0.15, 0.2) is 0 Å². The van der Waals surface area contributed by atoms with Crippen LogP contribution >= 0.6 is 0 Å². The predicted molar refractivity (Wildman–Crippen MR) is 79.0 cm³/mol. The summed E-state index contributed by atoms with van der Waals surface area (Å²) in [5.74, 6) is 1.66. The van der Waals surface area contributed by atoms with Crippen molar-refractivity contribution in [3.05, 3.63) is 0 Å². The summed E-state index contributed by atoms with van der Waals surface area (Å²) in [6, 6.07) is 0.718. The molecule has 1 heterocycles. The number of carbonyl (C=O) groups is 1. The van der Waals surface area contributed by atoms with Crippen molar-refractivity contribution in [2.75, 3.05) is 6.54 Å². The number of piperidine rings is 1. The van der Waals surface area contributed by atoms with E-state index in [9.17, 15) is 4.79 Å². The Morgan fingerprint density at radius 3 is 2.58 bits per heavy atom. The second-order valence-corrected chi connectivity index (χ2v) is 6.64. The summed E-state index contributed by atoms with van der Waals surface area (Å²) in [6.07, 6.45) is 9.79. The minimum Gasteiger partial charge on any atom is -0.352 e. The highest BCUT2D eigenvalue weighted by molar-refractivity contribution is 5.76. The van der Waals surface area contributed by atoms with Gasteiger partial charge in [-0.05, 0) is 38.1 Å². The van der Waals surface area contributed by atoms with Crippen molar-refractivity contribution in [1.29, 1.82) is 0 Å². The van der Waals surface area contributed by atoms with E-state index in [2.05, 4.69) is 24.5 Å². The molecule has 0 bridgehead atoms. The molecule has 0 aromatic rings. The molecule has 0 radical (unpaired) electrons. The van der Waals surface area contributed by atoms with Crippen LogP contribution in [0.2, 0.25) is 0 Å². The van der Waals surface area contributed by atoms with Gasteiger partial charge >= 0.3 is 0 Å². The highest BCUT2D eigenvalue weighted by Crippen LogP contribution is 2.27. The summed E-state index contributed by atoms with van der Waals surface area (Å²) in [5.41, 5.74) is 0. The molecule has 0 aromatic heterocycles. The minimum absolute atomic E-state index is 0.262. The lowest BCUT2D eigenvalue weighted by Crippen LogP contribution is -2.55. The van der Waals surface area contributed by atoms with Crippen molar-refractivity contribution in [1.82, 2.24) is 10.6 Å². The number of rotatable bonds is 4. The molecule has 110 valence electrons. The average Bonchev–Trinajstić information content (AvgIpc) is 2.42. The fraction of sp³-hybridized carbons (Fsp3) is 0.938. The first-order chi connectivity index (χ1) is 9.16. The molecule has 3 atom stereocenters. The van der Waals surface area contributed by atoms with E-state index in [1.165, 1.54) is 32.1 Å². The Kier molecular flexibility index (Phi) is 5.68. The Bertz CT molecular complexity index is 276. The zero-order valence-corrected chi connectivity index (χ0v) is 12.6. The van der Waals surface area contributed by atoms with Crippen LogP contribution in [-0.2, 0) is 4.79 Å². The Hall–Kier alpha value is -0.570. The molecule has 3 unspecified atom stereocenters. The largest absolute Gasteiger partial charge is 0.352 e. The van der Waals surface area contributed by atoms with Gasteiger partial charge in [0, 0.05) is 18.5 Å². The van der Waals surface area contributed by atoms with E-state index in [4.69, 9.17) is 0 Å². The van der Waals surface area contributed by atoms with Crippen LogP contribution in [-0.4, -0.2) is 24.5 Å². The third-order valence-corrected chi connectivity index (χ3v) is 5.05. The molecule has 1 saturated carbocycles. The molecule has 2 rings (SSSR count). The first-order valence-corrected chi connectivity index (χ1v) is 8.19. The van der Waals surface area contributed by atoms with Crippen molar-refractivity contribution in [2.45, 2.75) is 77.3 Å². The van der Waals surface area contributed by atoms with Crippen LogP contribution in [0.3, 0.4) is 0 Å². The number of hydrogen-bond acceptors (Lipinski definition) is 2. The lowest BCUT2D eigenvalue weighted by atomic mass is 9.85. The molecule has 2 N–H and O–H groups in total. The zero-order chi connectivity index (χ0) is 13.7. The van der Waals surface area contributed by atoms with E-state index in [1.807, 2.05) is 0 Å². The molecule has 2 aliphatic rings. The van der Waals surface area contributed by atoms with Gasteiger partial charge in [-0.3, -0.25) is 4.79 Å². The Morgan fingerprint density at radius 2 is 1.89 bits per heavy atom. The van der Waals surface area contributed by atoms with Gasteiger partial charge in [-0.2, -0.15) is 0 Å². The lowest BCUT2D eigenvalue weighted by Gasteiger charge is -2.36. The topological polar surface area (TPSA) is 41.1 Å². The third-order valence-electron chi connectivity index (χ3n) is 5.05. The van der Waals surface area contributed by atoms with Crippen LogP contribution in [0.5, 0.6) is 0 Å². The predicted octanol–water partition coefficient (Wildman–Crippen LogP) is 2.85. The third kappa shape index (κ3) is 4.48. The monoisotopic (exact) mass is 266 g/mol. The maximum atomic E-state index is 12.1. The van der Waals surface area contributed by atoms with E-state index in [1.54, 1.807) is 0 Å². The molecular formula is C16H30N2O. The second kappa shape index (κ2) is 7.28. The summed E-state index contributed by atoms with van der Waals surface area (Å²) in [5, 5.41) is 6.72. The summed E-state index contributed by atoms with van der Waals surface area (Å²) < 4.78 is 0. The molecule has 1 saturated heterocycles. The van der Waals surface area contributed by atoms with Crippen molar-refractivity contribution >= 4 is 5.91 Å². The van der Waals surface area contributed by atoms with Gasteiger partial charge in [0.1, 0.15) is 0 Å². The Morgan fingerprint density at radius 1 is 1.16 bits per heavy atom. The van der Waals surface area contributed by atoms with Crippen molar-refractivity contribution in [2.24, 2.45) is 11.8 Å². The fourth-order valence-electron chi connectivity index (χ4n) is 3.67. The van der Waals surface area contributed by atoms with Gasteiger partial charge in [0.25, 0.3) is 0 Å². The highest BCUT2D eigenvalue weighted by atomic mass is 16.1. The van der Waals surface area contributed by atoms with Crippen molar-refractivity contribution in [3.8, 4) is 0 Å². The van der Waals surface area contributed by atoms with Gasteiger partial charge < -0.3 is 10.6 Å². The fourth-order valence-corrected chi connectivity index (χ4v) is 3.67. The molecule has 0 spiro atoms. The average molecular weight is 266 g/mol. The quantitative estimate of drug-likeness (QED) is 0.821. The first-order valence-electron chi connectivity index (χ1n) is 8.19. The summed E-state index contributed by atoms with van der Waals surface area (Å²) >= 11 is 0. The number of nitrogens with one attached hydrogen (secondary N) is 2. The highest BCUT2D eigenvalue weighted by Gasteiger charge is 2.28. The van der Waals surface area contributed by atoms with Crippen LogP contribution < -0.4 is 10.6 Å². The minimum atomic E-state index is 0.262. The Balaban J connectivity index is 1.70. The van der Waals surface area contributed by atoms with Crippen LogP contribution in [0.4, 0.5) is 0 Å². The normalized spacial score (nSPS) is 33.1. The molecule has 2 fully saturated rings. The summed E-state index contributed by atoms with van der Waals surface area (Å²) in [6.45, 7) is 5.52. The molecule has 3 heteroatoms. The van der Waals surface area contributed by atoms with Gasteiger partial charge in [-0.1, -0.05) is 39.0 Å². The molecule has 3 nitrogen and oxygen atoms in total. The van der Waals surface area contributed by atoms with Gasteiger partial charge in [-0.15, -0.1) is 0 Å². The SMILES string of the molecule is CC1CCNC(C)C1NC(=O)CCC1CCCCC1. The maximum Gasteiger partial charge on any atom is 0.220 e. The van der Waals surface area contributed by atoms with E-state index < -0.39 is 0 Å².